The van der Waals surface area contributed by atoms with E-state index < -0.39 is 5.41 Å². The standard InChI is InChI=1S/C20H20N4O/c1-13-10-21-8-7-15(13)17-11-24(12-22-17)14-5-6-16-18(9-14)23(4)19(25)20(16,2)3/h5-12H,1-4H3. The smallest absolute Gasteiger partial charge is 0.236 e. The molecule has 0 N–H and O–H groups in total. The quantitative estimate of drug-likeness (QED) is 0.722. The second kappa shape index (κ2) is 5.28. The Bertz CT molecular complexity index is 987. The molecule has 3 aromatic rings. The van der Waals surface area contributed by atoms with Crippen LogP contribution in [0.25, 0.3) is 16.9 Å². The second-order valence-corrected chi connectivity index (χ2v) is 7.05. The highest BCUT2D eigenvalue weighted by Crippen LogP contribution is 2.41. The van der Waals surface area contributed by atoms with Crippen molar-refractivity contribution in [2.75, 3.05) is 11.9 Å². The molecule has 2 aromatic heterocycles. The van der Waals surface area contributed by atoms with Crippen molar-refractivity contribution in [3.63, 3.8) is 0 Å². The van der Waals surface area contributed by atoms with Crippen LogP contribution in [-0.4, -0.2) is 27.5 Å². The third-order valence-corrected chi connectivity index (χ3v) is 5.03. The maximum Gasteiger partial charge on any atom is 0.236 e. The number of rotatable bonds is 2. The summed E-state index contributed by atoms with van der Waals surface area (Å²) in [4.78, 5) is 22.9. The topological polar surface area (TPSA) is 51.0 Å². The average Bonchev–Trinajstić information content (AvgIpc) is 3.15. The first-order valence-corrected chi connectivity index (χ1v) is 8.27. The summed E-state index contributed by atoms with van der Waals surface area (Å²) in [5, 5.41) is 0. The summed E-state index contributed by atoms with van der Waals surface area (Å²) in [6.07, 6.45) is 7.43. The Morgan fingerprint density at radius 2 is 1.96 bits per heavy atom. The molecule has 0 saturated heterocycles. The summed E-state index contributed by atoms with van der Waals surface area (Å²) >= 11 is 0. The molecule has 1 amide bonds. The molecule has 1 aliphatic rings. The predicted octanol–water partition coefficient (Wildman–Crippen LogP) is 3.50. The fourth-order valence-corrected chi connectivity index (χ4v) is 3.49. The molecule has 126 valence electrons. The first kappa shape index (κ1) is 15.6. The molecule has 0 atom stereocenters. The molecule has 0 radical (unpaired) electrons. The zero-order chi connectivity index (χ0) is 17.8. The maximum absolute atomic E-state index is 12.5. The van der Waals surface area contributed by atoms with Crippen LogP contribution in [0.4, 0.5) is 5.69 Å². The SMILES string of the molecule is Cc1cnccc1-c1cn(-c2ccc3c(c2)N(C)C(=O)C3(C)C)cn1. The van der Waals surface area contributed by atoms with Crippen molar-refractivity contribution in [1.29, 1.82) is 0 Å². The molecule has 1 aromatic carbocycles. The Morgan fingerprint density at radius 1 is 1.16 bits per heavy atom. The van der Waals surface area contributed by atoms with E-state index >= 15 is 0 Å². The minimum absolute atomic E-state index is 0.124. The van der Waals surface area contributed by atoms with Crippen LogP contribution in [0, 0.1) is 6.92 Å². The van der Waals surface area contributed by atoms with Crippen molar-refractivity contribution >= 4 is 11.6 Å². The first-order chi connectivity index (χ1) is 11.9. The van der Waals surface area contributed by atoms with E-state index in [9.17, 15) is 4.79 Å². The Balaban J connectivity index is 1.76. The summed E-state index contributed by atoms with van der Waals surface area (Å²) in [6.45, 7) is 5.97. The summed E-state index contributed by atoms with van der Waals surface area (Å²) in [7, 11) is 1.83. The minimum atomic E-state index is -0.475. The van der Waals surface area contributed by atoms with E-state index in [2.05, 4.69) is 9.97 Å². The van der Waals surface area contributed by atoms with Gasteiger partial charge in [0.1, 0.15) is 0 Å². The van der Waals surface area contributed by atoms with Crippen molar-refractivity contribution in [3.05, 3.63) is 60.3 Å². The Morgan fingerprint density at radius 3 is 2.72 bits per heavy atom. The zero-order valence-corrected chi connectivity index (χ0v) is 14.8. The number of pyridine rings is 1. The van der Waals surface area contributed by atoms with Gasteiger partial charge in [0.25, 0.3) is 0 Å². The number of imidazole rings is 1. The molecule has 0 spiro atoms. The second-order valence-electron chi connectivity index (χ2n) is 7.05. The molecule has 5 heteroatoms. The van der Waals surface area contributed by atoms with Crippen molar-refractivity contribution in [3.8, 4) is 16.9 Å². The number of aromatic nitrogens is 3. The van der Waals surface area contributed by atoms with E-state index in [1.54, 1.807) is 17.4 Å². The number of benzene rings is 1. The van der Waals surface area contributed by atoms with E-state index in [0.29, 0.717) is 0 Å². The van der Waals surface area contributed by atoms with Crippen LogP contribution in [0.5, 0.6) is 0 Å². The molecule has 0 aliphatic carbocycles. The molecule has 0 unspecified atom stereocenters. The van der Waals surface area contributed by atoms with Gasteiger partial charge in [0.2, 0.25) is 5.91 Å². The number of likely N-dealkylation sites (N-methyl/N-ethyl adjacent to an activating group) is 1. The van der Waals surface area contributed by atoms with Gasteiger partial charge in [-0.2, -0.15) is 0 Å². The Hall–Kier alpha value is -2.95. The number of fused-ring (bicyclic) bond motifs is 1. The lowest BCUT2D eigenvalue weighted by Gasteiger charge is -2.16. The maximum atomic E-state index is 12.5. The predicted molar refractivity (Wildman–Crippen MR) is 98.0 cm³/mol. The van der Waals surface area contributed by atoms with E-state index in [0.717, 1.165) is 33.8 Å². The fourth-order valence-electron chi connectivity index (χ4n) is 3.49. The lowest BCUT2D eigenvalue weighted by atomic mass is 9.86. The monoisotopic (exact) mass is 332 g/mol. The highest BCUT2D eigenvalue weighted by Gasteiger charge is 2.42. The molecule has 4 rings (SSSR count). The van der Waals surface area contributed by atoms with Gasteiger partial charge in [0.05, 0.1) is 17.4 Å². The van der Waals surface area contributed by atoms with Crippen LogP contribution in [0.2, 0.25) is 0 Å². The third-order valence-electron chi connectivity index (χ3n) is 5.03. The number of hydrogen-bond donors (Lipinski definition) is 0. The van der Waals surface area contributed by atoms with Crippen LogP contribution >= 0.6 is 0 Å². The van der Waals surface area contributed by atoms with Gasteiger partial charge in [0, 0.05) is 42.6 Å². The number of anilines is 1. The van der Waals surface area contributed by atoms with Crippen molar-refractivity contribution in [1.82, 2.24) is 14.5 Å². The number of carbonyl (C=O) groups is 1. The van der Waals surface area contributed by atoms with Gasteiger partial charge in [-0.05, 0) is 50.1 Å². The number of amides is 1. The van der Waals surface area contributed by atoms with Crippen LogP contribution in [0.3, 0.4) is 0 Å². The number of carbonyl (C=O) groups excluding carboxylic acids is 1. The van der Waals surface area contributed by atoms with Gasteiger partial charge in [-0.15, -0.1) is 0 Å². The average molecular weight is 332 g/mol. The van der Waals surface area contributed by atoms with Crippen LogP contribution < -0.4 is 4.90 Å². The van der Waals surface area contributed by atoms with Crippen LogP contribution in [0.15, 0.2) is 49.2 Å². The summed E-state index contributed by atoms with van der Waals surface area (Å²) in [6, 6.07) is 8.10. The third kappa shape index (κ3) is 2.27. The molecule has 0 fully saturated rings. The summed E-state index contributed by atoms with van der Waals surface area (Å²) in [5.41, 5.74) is 5.61. The number of aryl methyl sites for hydroxylation is 1. The normalized spacial score (nSPS) is 15.5. The molecule has 3 heterocycles. The van der Waals surface area contributed by atoms with Gasteiger partial charge in [-0.3, -0.25) is 9.78 Å². The van der Waals surface area contributed by atoms with E-state index in [-0.39, 0.29) is 5.91 Å². The molecular formula is C20H20N4O. The van der Waals surface area contributed by atoms with Gasteiger partial charge >= 0.3 is 0 Å². The highest BCUT2D eigenvalue weighted by molar-refractivity contribution is 6.07. The minimum Gasteiger partial charge on any atom is -0.314 e. The van der Waals surface area contributed by atoms with E-state index in [4.69, 9.17) is 0 Å². The number of hydrogen-bond acceptors (Lipinski definition) is 3. The van der Waals surface area contributed by atoms with Gasteiger partial charge in [-0.25, -0.2) is 4.98 Å². The van der Waals surface area contributed by atoms with Crippen molar-refractivity contribution in [2.45, 2.75) is 26.2 Å². The van der Waals surface area contributed by atoms with Gasteiger partial charge in [0.15, 0.2) is 0 Å². The van der Waals surface area contributed by atoms with Gasteiger partial charge < -0.3 is 9.47 Å². The Labute approximate surface area is 147 Å². The zero-order valence-electron chi connectivity index (χ0n) is 14.8. The lowest BCUT2D eigenvalue weighted by molar-refractivity contribution is -0.121. The van der Waals surface area contributed by atoms with Gasteiger partial charge in [-0.1, -0.05) is 6.07 Å². The molecule has 25 heavy (non-hydrogen) atoms. The highest BCUT2D eigenvalue weighted by atomic mass is 16.2. The molecule has 0 bridgehead atoms. The van der Waals surface area contributed by atoms with E-state index in [1.807, 2.05) is 69.0 Å². The largest absolute Gasteiger partial charge is 0.314 e. The summed E-state index contributed by atoms with van der Waals surface area (Å²) < 4.78 is 1.99. The van der Waals surface area contributed by atoms with E-state index in [1.165, 1.54) is 0 Å². The first-order valence-electron chi connectivity index (χ1n) is 8.27. The fraction of sp³-hybridized carbons (Fsp3) is 0.250. The van der Waals surface area contributed by atoms with Crippen molar-refractivity contribution in [2.24, 2.45) is 0 Å². The number of nitrogens with zero attached hydrogens (tertiary/aromatic N) is 4. The Kier molecular flexibility index (Phi) is 3.29. The lowest BCUT2D eigenvalue weighted by Crippen LogP contribution is -2.33. The summed E-state index contributed by atoms with van der Waals surface area (Å²) in [5.74, 6) is 0.124. The van der Waals surface area contributed by atoms with Crippen LogP contribution in [0.1, 0.15) is 25.0 Å². The van der Waals surface area contributed by atoms with Crippen molar-refractivity contribution < 1.29 is 4.79 Å². The molecule has 0 saturated carbocycles. The molecular weight excluding hydrogens is 312 g/mol. The molecule has 5 nitrogen and oxygen atoms in total. The molecule has 1 aliphatic heterocycles. The van der Waals surface area contributed by atoms with Crippen LogP contribution in [-0.2, 0) is 10.2 Å².